The number of halogens is 3. The van der Waals surface area contributed by atoms with Crippen LogP contribution < -0.4 is 5.32 Å². The second-order valence-corrected chi connectivity index (χ2v) is 8.51. The molecule has 11 heteroatoms. The molecule has 0 spiro atoms. The summed E-state index contributed by atoms with van der Waals surface area (Å²) in [6, 6.07) is 6.14. The van der Waals surface area contributed by atoms with Crippen LogP contribution in [0.4, 0.5) is 24.8 Å². The quantitative estimate of drug-likeness (QED) is 0.530. The van der Waals surface area contributed by atoms with Crippen LogP contribution in [0.2, 0.25) is 0 Å². The number of aliphatic carboxylic acids is 1. The molecule has 31 heavy (non-hydrogen) atoms. The van der Waals surface area contributed by atoms with Gasteiger partial charge in [-0.1, -0.05) is 6.07 Å². The van der Waals surface area contributed by atoms with E-state index in [1.165, 1.54) is 11.3 Å². The summed E-state index contributed by atoms with van der Waals surface area (Å²) in [5, 5.41) is 22.9. The van der Waals surface area contributed by atoms with E-state index in [0.29, 0.717) is 10.7 Å². The van der Waals surface area contributed by atoms with E-state index in [2.05, 4.69) is 20.3 Å². The van der Waals surface area contributed by atoms with Gasteiger partial charge in [-0.3, -0.25) is 4.79 Å². The molecule has 0 atom stereocenters. The first kappa shape index (κ1) is 21.2. The molecule has 0 saturated heterocycles. The lowest BCUT2D eigenvalue weighted by Gasteiger charge is -2.39. The molecule has 2 heterocycles. The van der Waals surface area contributed by atoms with Gasteiger partial charge < -0.3 is 15.5 Å². The number of thiazole rings is 1. The van der Waals surface area contributed by atoms with Crippen LogP contribution in [0.3, 0.4) is 0 Å². The molecule has 1 aromatic carbocycles. The highest BCUT2D eigenvalue weighted by molar-refractivity contribution is 7.15. The zero-order valence-electron chi connectivity index (χ0n) is 16.1. The average Bonchev–Trinajstić information content (AvgIpc) is 3.15. The summed E-state index contributed by atoms with van der Waals surface area (Å²) in [5.74, 6) is -1.70. The van der Waals surface area contributed by atoms with E-state index >= 15 is 0 Å². The minimum atomic E-state index is -4.57. The number of aromatic nitrogens is 3. The number of rotatable bonds is 5. The fraction of sp³-hybridized carbons (Fsp3) is 0.300. The van der Waals surface area contributed by atoms with Gasteiger partial charge in [0, 0.05) is 18.1 Å². The molecule has 162 valence electrons. The van der Waals surface area contributed by atoms with Crippen LogP contribution in [0.5, 0.6) is 0 Å². The first-order chi connectivity index (χ1) is 14.5. The van der Waals surface area contributed by atoms with Crippen LogP contribution in [0, 0.1) is 12.8 Å². The minimum Gasteiger partial charge on any atom is -0.481 e. The maximum atomic E-state index is 12.9. The summed E-state index contributed by atoms with van der Waals surface area (Å²) in [7, 11) is 0. The highest BCUT2D eigenvalue weighted by Gasteiger charge is 2.49. The average molecular weight is 450 g/mol. The van der Waals surface area contributed by atoms with Crippen LogP contribution in [0.15, 0.2) is 36.7 Å². The molecular weight excluding hydrogens is 433 g/mol. The Labute approximate surface area is 178 Å². The number of nitrogens with zero attached hydrogens (tertiary/aromatic N) is 3. The number of carbonyl (C=O) groups is 1. The third-order valence-corrected chi connectivity index (χ3v) is 6.22. The van der Waals surface area contributed by atoms with Gasteiger partial charge in [-0.2, -0.15) is 13.2 Å². The number of benzene rings is 1. The number of carboxylic acids is 1. The van der Waals surface area contributed by atoms with Crippen molar-refractivity contribution in [3.8, 4) is 10.4 Å². The lowest BCUT2D eigenvalue weighted by atomic mass is 9.71. The van der Waals surface area contributed by atoms with Crippen LogP contribution in [0.25, 0.3) is 10.4 Å². The molecule has 1 aliphatic rings. The van der Waals surface area contributed by atoms with Gasteiger partial charge in [0.2, 0.25) is 5.95 Å². The minimum absolute atomic E-state index is 0.114. The maximum absolute atomic E-state index is 12.9. The zero-order valence-corrected chi connectivity index (χ0v) is 17.0. The van der Waals surface area contributed by atoms with Gasteiger partial charge in [-0.05, 0) is 49.1 Å². The summed E-state index contributed by atoms with van der Waals surface area (Å²) in [5.41, 5.74) is -0.204. The van der Waals surface area contributed by atoms with Crippen molar-refractivity contribution in [3.63, 3.8) is 0 Å². The van der Waals surface area contributed by atoms with E-state index in [4.69, 9.17) is 5.11 Å². The van der Waals surface area contributed by atoms with Gasteiger partial charge in [0.05, 0.1) is 10.8 Å². The molecule has 1 saturated carbocycles. The van der Waals surface area contributed by atoms with E-state index < -0.39 is 29.4 Å². The first-order valence-electron chi connectivity index (χ1n) is 9.24. The van der Waals surface area contributed by atoms with Crippen molar-refractivity contribution in [2.45, 2.75) is 31.5 Å². The van der Waals surface area contributed by atoms with Crippen LogP contribution >= 0.6 is 11.3 Å². The van der Waals surface area contributed by atoms with Gasteiger partial charge in [0.15, 0.2) is 0 Å². The largest absolute Gasteiger partial charge is 0.481 e. The number of aliphatic hydroxyl groups is 1. The molecule has 1 fully saturated rings. The molecule has 0 radical (unpaired) electrons. The van der Waals surface area contributed by atoms with Crippen molar-refractivity contribution < 1.29 is 28.2 Å². The molecule has 4 rings (SSSR count). The van der Waals surface area contributed by atoms with Crippen molar-refractivity contribution in [2.75, 3.05) is 5.32 Å². The summed E-state index contributed by atoms with van der Waals surface area (Å²) >= 11 is 1.25. The lowest BCUT2D eigenvalue weighted by molar-refractivity contribution is -0.159. The Hall–Kier alpha value is -3.05. The van der Waals surface area contributed by atoms with E-state index in [1.54, 1.807) is 18.3 Å². The monoisotopic (exact) mass is 450 g/mol. The van der Waals surface area contributed by atoms with Gasteiger partial charge in [-0.15, -0.1) is 11.3 Å². The van der Waals surface area contributed by atoms with Crippen molar-refractivity contribution in [1.29, 1.82) is 0 Å². The fourth-order valence-corrected chi connectivity index (χ4v) is 4.44. The third-order valence-electron chi connectivity index (χ3n) is 4.99. The number of nitrogens with one attached hydrogen (secondary N) is 1. The molecular formula is C20H17F3N4O3S. The smallest absolute Gasteiger partial charge is 0.433 e. The molecule has 3 N–H and O–H groups in total. The third kappa shape index (κ3) is 4.37. The Balaban J connectivity index is 1.57. The summed E-state index contributed by atoms with van der Waals surface area (Å²) in [6.45, 7) is 1.83. The fourth-order valence-electron chi connectivity index (χ4n) is 3.43. The number of hydrogen-bond donors (Lipinski definition) is 3. The van der Waals surface area contributed by atoms with Crippen molar-refractivity contribution in [3.05, 3.63) is 52.9 Å². The van der Waals surface area contributed by atoms with Crippen LogP contribution in [-0.2, 0) is 16.6 Å². The SMILES string of the molecule is Cc1cc(Nc2nccc(C(F)(F)F)n2)cc(-c2cnc(C3(O)CC(C(=O)O)C3)s2)c1. The highest BCUT2D eigenvalue weighted by Crippen LogP contribution is 2.48. The van der Waals surface area contributed by atoms with Crippen molar-refractivity contribution >= 4 is 28.9 Å². The number of aryl methyl sites for hydroxylation is 1. The maximum Gasteiger partial charge on any atom is 0.433 e. The standard InChI is InChI=1S/C20H17F3N4O3S/c1-10-4-11(14-9-25-17(31-14)19(30)7-12(8-19)16(28)29)6-13(5-10)26-18-24-3-2-15(27-18)20(21,22)23/h2-6,9,12,30H,7-8H2,1H3,(H,28,29)(H,24,26,27). The Bertz CT molecular complexity index is 1140. The van der Waals surface area contributed by atoms with Gasteiger partial charge in [0.1, 0.15) is 16.3 Å². The summed E-state index contributed by atoms with van der Waals surface area (Å²) in [4.78, 5) is 23.4. The predicted molar refractivity (Wildman–Crippen MR) is 107 cm³/mol. The highest BCUT2D eigenvalue weighted by atomic mass is 32.1. The van der Waals surface area contributed by atoms with Crippen molar-refractivity contribution in [1.82, 2.24) is 15.0 Å². The Morgan fingerprint density at radius 3 is 2.68 bits per heavy atom. The van der Waals surface area contributed by atoms with Crippen LogP contribution in [-0.4, -0.2) is 31.1 Å². The van der Waals surface area contributed by atoms with Crippen molar-refractivity contribution in [2.24, 2.45) is 5.92 Å². The molecule has 1 aliphatic carbocycles. The zero-order chi connectivity index (χ0) is 22.4. The molecule has 2 aromatic heterocycles. The van der Waals surface area contributed by atoms with Gasteiger partial charge in [0.25, 0.3) is 0 Å². The van der Waals surface area contributed by atoms with Gasteiger partial charge in [-0.25, -0.2) is 15.0 Å². The number of anilines is 2. The Kier molecular flexibility index (Phi) is 5.18. The molecule has 0 unspecified atom stereocenters. The van der Waals surface area contributed by atoms with E-state index in [9.17, 15) is 23.1 Å². The lowest BCUT2D eigenvalue weighted by Crippen LogP contribution is -2.44. The second kappa shape index (κ2) is 7.57. The molecule has 3 aromatic rings. The molecule has 7 nitrogen and oxygen atoms in total. The number of alkyl halides is 3. The molecule has 0 aliphatic heterocycles. The first-order valence-corrected chi connectivity index (χ1v) is 10.1. The molecule has 0 bridgehead atoms. The normalized spacial score (nSPS) is 20.9. The van der Waals surface area contributed by atoms with Gasteiger partial charge >= 0.3 is 12.1 Å². The predicted octanol–water partition coefficient (Wildman–Crippen LogP) is 4.35. The van der Waals surface area contributed by atoms with E-state index in [0.717, 1.165) is 28.3 Å². The second-order valence-electron chi connectivity index (χ2n) is 7.48. The number of hydrogen-bond acceptors (Lipinski definition) is 7. The Morgan fingerprint density at radius 1 is 1.26 bits per heavy atom. The van der Waals surface area contributed by atoms with E-state index in [-0.39, 0.29) is 18.8 Å². The summed E-state index contributed by atoms with van der Waals surface area (Å²) < 4.78 is 38.6. The number of carboxylic acid groups (broad SMARTS) is 1. The summed E-state index contributed by atoms with van der Waals surface area (Å²) in [6.07, 6.45) is -1.72. The Morgan fingerprint density at radius 2 is 2.00 bits per heavy atom. The van der Waals surface area contributed by atoms with Crippen LogP contribution in [0.1, 0.15) is 29.1 Å². The molecule has 0 amide bonds. The van der Waals surface area contributed by atoms with E-state index in [1.807, 2.05) is 13.0 Å². The topological polar surface area (TPSA) is 108 Å².